The molecule has 0 amide bonds. The first-order valence-electron chi connectivity index (χ1n) is 17.8. The largest absolute Gasteiger partial charge is 0.497 e. The highest BCUT2D eigenvalue weighted by Crippen LogP contribution is 2.18. The first-order valence-corrected chi connectivity index (χ1v) is 17.8. The van der Waals surface area contributed by atoms with Crippen LogP contribution in [0.2, 0.25) is 0 Å². The van der Waals surface area contributed by atoms with Crippen molar-refractivity contribution in [2.24, 2.45) is 11.8 Å². The lowest BCUT2D eigenvalue weighted by Gasteiger charge is -2.09. The number of hydrogen-bond donors (Lipinski definition) is 1. The average Bonchev–Trinajstić information content (AvgIpc) is 3.07. The summed E-state index contributed by atoms with van der Waals surface area (Å²) in [5, 5.41) is 5.92. The molecule has 0 spiro atoms. The van der Waals surface area contributed by atoms with Crippen LogP contribution in [-0.2, 0) is 11.3 Å². The number of rotatable bonds is 15. The second kappa shape index (κ2) is 29.8. The second-order valence-corrected chi connectivity index (χ2v) is 12.1. The Morgan fingerprint density at radius 3 is 2.11 bits per heavy atom. The Balaban J connectivity index is 0. The second-order valence-electron chi connectivity index (χ2n) is 12.1. The van der Waals surface area contributed by atoms with Crippen LogP contribution in [0.1, 0.15) is 119 Å². The SMILES string of the molecule is C=C\C(C=O)=C/C(/C=C\C)=C(/C)C(C)C.CC.CC/C=c1\ccc(C)c\c1=C\NCc1ccc(OC)cc1.CCCCCCC(C)C. The van der Waals surface area contributed by atoms with Gasteiger partial charge in [-0.3, -0.25) is 4.79 Å². The van der Waals surface area contributed by atoms with Gasteiger partial charge >= 0.3 is 0 Å². The van der Waals surface area contributed by atoms with Crippen LogP contribution in [0.5, 0.6) is 5.75 Å². The van der Waals surface area contributed by atoms with Gasteiger partial charge in [-0.25, -0.2) is 0 Å². The number of carbonyl (C=O) groups is 1. The summed E-state index contributed by atoms with van der Waals surface area (Å²) in [6.45, 7) is 27.9. The minimum Gasteiger partial charge on any atom is -0.497 e. The van der Waals surface area contributed by atoms with E-state index in [4.69, 9.17) is 4.74 Å². The number of aryl methyl sites for hydroxylation is 1. The lowest BCUT2D eigenvalue weighted by molar-refractivity contribution is -0.104. The standard InChI is InChI=1S/C19H23NO.C14H20O.C9H20.C2H6/c1-4-5-17-9-6-15(2)12-18(17)14-20-13-16-7-10-19(21-3)11-8-16;1-6-8-14(12(5)11(3)4)9-13(7-2)10-15;1-4-5-6-7-8-9(2)3;1-2/h5-12,14,20H,4,13H2,1-3H3;6-11H,2H2,1,3-5H3;9H,4-8H2,1-3H3;1-2H3/b17-5+,18-14-;8-6-,13-9+,14-12-;;. The number of hydrogen-bond acceptors (Lipinski definition) is 3. The minimum absolute atomic E-state index is 0.477. The molecule has 0 bridgehead atoms. The molecule has 3 nitrogen and oxygen atoms in total. The molecule has 2 aromatic carbocycles. The maximum Gasteiger partial charge on any atom is 0.150 e. The summed E-state index contributed by atoms with van der Waals surface area (Å²) >= 11 is 0. The van der Waals surface area contributed by atoms with E-state index in [1.54, 1.807) is 13.2 Å². The van der Waals surface area contributed by atoms with Gasteiger partial charge in [0.05, 0.1) is 7.11 Å². The number of aldehydes is 1. The highest BCUT2D eigenvalue weighted by Gasteiger charge is 2.02. The van der Waals surface area contributed by atoms with Crippen LogP contribution in [-0.4, -0.2) is 13.4 Å². The van der Waals surface area contributed by atoms with E-state index in [0.717, 1.165) is 36.5 Å². The van der Waals surface area contributed by atoms with Crippen molar-refractivity contribution >= 4 is 18.6 Å². The van der Waals surface area contributed by atoms with Crippen LogP contribution in [0, 0.1) is 18.8 Å². The van der Waals surface area contributed by atoms with Gasteiger partial charge in [0.15, 0.2) is 0 Å². The van der Waals surface area contributed by atoms with E-state index in [2.05, 4.69) is 110 Å². The summed E-state index contributed by atoms with van der Waals surface area (Å²) in [6, 6.07) is 14.7. The van der Waals surface area contributed by atoms with Crippen molar-refractivity contribution in [3.8, 4) is 5.75 Å². The van der Waals surface area contributed by atoms with Gasteiger partial charge in [-0.05, 0) is 78.8 Å². The molecule has 0 aliphatic rings. The summed E-state index contributed by atoms with van der Waals surface area (Å²) in [4.78, 5) is 10.7. The van der Waals surface area contributed by atoms with Gasteiger partial charge in [-0.1, -0.05) is 160 Å². The highest BCUT2D eigenvalue weighted by atomic mass is 16.5. The van der Waals surface area contributed by atoms with Crippen LogP contribution in [0.3, 0.4) is 0 Å². The number of ether oxygens (including phenoxy) is 1. The number of benzene rings is 2. The van der Waals surface area contributed by atoms with Crippen molar-refractivity contribution in [1.29, 1.82) is 0 Å². The predicted octanol–water partition coefficient (Wildman–Crippen LogP) is 11.2. The van der Waals surface area contributed by atoms with Crippen molar-refractivity contribution in [1.82, 2.24) is 5.32 Å². The van der Waals surface area contributed by atoms with E-state index in [9.17, 15) is 4.79 Å². The maximum atomic E-state index is 10.7. The molecule has 2 aromatic rings. The normalized spacial score (nSPS) is 12.3. The Kier molecular flexibility index (Phi) is 28.9. The van der Waals surface area contributed by atoms with Gasteiger partial charge < -0.3 is 10.1 Å². The molecule has 0 unspecified atom stereocenters. The van der Waals surface area contributed by atoms with Gasteiger partial charge in [0, 0.05) is 18.3 Å². The molecule has 262 valence electrons. The molecule has 0 aliphatic heterocycles. The fourth-order valence-corrected chi connectivity index (χ4v) is 4.35. The van der Waals surface area contributed by atoms with E-state index in [0.29, 0.717) is 11.5 Å². The Hall–Kier alpha value is -3.59. The molecule has 0 aliphatic carbocycles. The van der Waals surface area contributed by atoms with Crippen LogP contribution >= 0.6 is 0 Å². The van der Waals surface area contributed by atoms with Gasteiger partial charge in [0.2, 0.25) is 0 Å². The molecular formula is C44H69NO2. The van der Waals surface area contributed by atoms with E-state index in [-0.39, 0.29) is 0 Å². The van der Waals surface area contributed by atoms with Crippen molar-refractivity contribution in [3.05, 3.63) is 112 Å². The average molecular weight is 644 g/mol. The lowest BCUT2D eigenvalue weighted by atomic mass is 9.97. The molecule has 3 heteroatoms. The number of methoxy groups -OCH3 is 1. The molecule has 0 atom stereocenters. The summed E-state index contributed by atoms with van der Waals surface area (Å²) in [7, 11) is 1.69. The molecule has 2 rings (SSSR count). The number of nitrogens with one attached hydrogen (secondary N) is 1. The Morgan fingerprint density at radius 1 is 0.957 bits per heavy atom. The van der Waals surface area contributed by atoms with Crippen molar-refractivity contribution in [2.75, 3.05) is 7.11 Å². The third kappa shape index (κ3) is 22.6. The minimum atomic E-state index is 0.477. The Labute approximate surface area is 290 Å². The third-order valence-electron chi connectivity index (χ3n) is 7.39. The fourth-order valence-electron chi connectivity index (χ4n) is 4.35. The first kappa shape index (κ1) is 45.5. The molecule has 47 heavy (non-hydrogen) atoms. The lowest BCUT2D eigenvalue weighted by Crippen LogP contribution is -2.27. The summed E-state index contributed by atoms with van der Waals surface area (Å²) in [5.74, 6) is 2.27. The molecular weight excluding hydrogens is 574 g/mol. The van der Waals surface area contributed by atoms with Crippen LogP contribution in [0.15, 0.2) is 90.1 Å². The smallest absolute Gasteiger partial charge is 0.150 e. The van der Waals surface area contributed by atoms with Crippen molar-refractivity contribution in [3.63, 3.8) is 0 Å². The third-order valence-corrected chi connectivity index (χ3v) is 7.39. The first-order chi connectivity index (χ1) is 22.6. The number of unbranched alkanes of at least 4 members (excludes halogenated alkanes) is 3. The topological polar surface area (TPSA) is 38.3 Å². The molecule has 0 fully saturated rings. The molecule has 0 saturated carbocycles. The zero-order chi connectivity index (χ0) is 36.0. The highest BCUT2D eigenvalue weighted by molar-refractivity contribution is 5.78. The van der Waals surface area contributed by atoms with Crippen molar-refractivity contribution < 1.29 is 9.53 Å². The van der Waals surface area contributed by atoms with Gasteiger partial charge in [0.25, 0.3) is 0 Å². The van der Waals surface area contributed by atoms with Gasteiger partial charge in [-0.15, -0.1) is 0 Å². The quantitative estimate of drug-likeness (QED) is 0.0908. The Bertz CT molecular complexity index is 1300. The van der Waals surface area contributed by atoms with E-state index in [1.165, 1.54) is 59.2 Å². The van der Waals surface area contributed by atoms with Crippen molar-refractivity contribution in [2.45, 2.75) is 121 Å². The van der Waals surface area contributed by atoms with E-state index < -0.39 is 0 Å². The van der Waals surface area contributed by atoms with E-state index >= 15 is 0 Å². The molecule has 0 heterocycles. The zero-order valence-corrected chi connectivity index (χ0v) is 32.2. The Morgan fingerprint density at radius 2 is 1.62 bits per heavy atom. The monoisotopic (exact) mass is 644 g/mol. The number of carbonyl (C=O) groups excluding carboxylic acids is 1. The van der Waals surface area contributed by atoms with Gasteiger partial charge in [-0.2, -0.15) is 0 Å². The van der Waals surface area contributed by atoms with Crippen LogP contribution < -0.4 is 20.5 Å². The number of allylic oxidation sites excluding steroid dienone is 7. The van der Waals surface area contributed by atoms with Crippen LogP contribution in [0.25, 0.3) is 12.3 Å². The molecule has 0 saturated heterocycles. The van der Waals surface area contributed by atoms with Gasteiger partial charge in [0.1, 0.15) is 12.0 Å². The summed E-state index contributed by atoms with van der Waals surface area (Å²) < 4.78 is 5.17. The van der Waals surface area contributed by atoms with E-state index in [1.807, 2.05) is 51.1 Å². The molecule has 1 N–H and O–H groups in total. The summed E-state index contributed by atoms with van der Waals surface area (Å²) in [6.07, 6.45) is 20.7. The van der Waals surface area contributed by atoms with Crippen LogP contribution in [0.4, 0.5) is 0 Å². The zero-order valence-electron chi connectivity index (χ0n) is 32.2. The predicted molar refractivity (Wildman–Crippen MR) is 211 cm³/mol. The molecule has 0 radical (unpaired) electrons. The molecule has 0 aromatic heterocycles. The summed E-state index contributed by atoms with van der Waals surface area (Å²) in [5.41, 5.74) is 5.49. The maximum absolute atomic E-state index is 10.7. The fraction of sp³-hybridized carbons (Fsp3) is 0.477.